The van der Waals surface area contributed by atoms with Crippen molar-refractivity contribution in [2.45, 2.75) is 135 Å². The van der Waals surface area contributed by atoms with Crippen LogP contribution in [0.3, 0.4) is 0 Å². The van der Waals surface area contributed by atoms with Crippen LogP contribution in [0, 0.1) is 5.92 Å². The molecule has 31 heavy (non-hydrogen) atoms. The van der Waals surface area contributed by atoms with Gasteiger partial charge >= 0.3 is 5.97 Å². The maximum absolute atomic E-state index is 12.5. The van der Waals surface area contributed by atoms with E-state index in [9.17, 15) is 9.59 Å². The van der Waals surface area contributed by atoms with Crippen LogP contribution in [-0.4, -0.2) is 31.3 Å². The molecule has 0 aromatic heterocycles. The first-order valence-electron chi connectivity index (χ1n) is 12.6. The Morgan fingerprint density at radius 2 is 1.81 bits per heavy atom. The lowest BCUT2D eigenvalue weighted by atomic mass is 9.90. The molecule has 0 radical (unpaired) electrons. The van der Waals surface area contributed by atoms with Crippen molar-refractivity contribution >= 4 is 20.1 Å². The van der Waals surface area contributed by atoms with Crippen LogP contribution in [-0.2, 0) is 14.0 Å². The third-order valence-corrected chi connectivity index (χ3v) is 11.7. The number of hydrogen-bond acceptors (Lipinski definition) is 3. The van der Waals surface area contributed by atoms with E-state index in [2.05, 4.69) is 46.9 Å². The van der Waals surface area contributed by atoms with Crippen molar-refractivity contribution in [1.82, 2.24) is 0 Å². The number of ketones is 1. The quantitative estimate of drug-likeness (QED) is 0.148. The molecular weight excluding hydrogens is 404 g/mol. The van der Waals surface area contributed by atoms with E-state index in [0.29, 0.717) is 18.3 Å². The summed E-state index contributed by atoms with van der Waals surface area (Å²) in [5, 5.41) is 8.95. The Morgan fingerprint density at radius 1 is 1.13 bits per heavy atom. The van der Waals surface area contributed by atoms with Gasteiger partial charge in [0, 0.05) is 24.9 Å². The normalized spacial score (nSPS) is 18.3. The van der Waals surface area contributed by atoms with Crippen LogP contribution in [0.2, 0.25) is 18.1 Å². The molecule has 0 bridgehead atoms. The number of carbonyl (C=O) groups excluding carboxylic acids is 1. The molecule has 0 amide bonds. The Labute approximate surface area is 192 Å². The predicted molar refractivity (Wildman–Crippen MR) is 132 cm³/mol. The first-order valence-corrected chi connectivity index (χ1v) is 15.5. The molecule has 5 heteroatoms. The summed E-state index contributed by atoms with van der Waals surface area (Å²) in [6.07, 6.45) is 14.7. The van der Waals surface area contributed by atoms with Crippen molar-refractivity contribution in [1.29, 1.82) is 0 Å². The standard InChI is InChI=1S/C26H48O4Si/c1-7-8-11-14-22(30-31(5,6)26(2,3)4)19-17-21-18-20-24(27)23(21)15-12-9-10-13-16-25(28)29/h18,22-23H,7-17,19-20H2,1-6H3,(H,28,29)/t22?,23-/m1/s1. The van der Waals surface area contributed by atoms with Gasteiger partial charge in [0.15, 0.2) is 8.32 Å². The molecule has 0 fully saturated rings. The summed E-state index contributed by atoms with van der Waals surface area (Å²) < 4.78 is 6.79. The smallest absolute Gasteiger partial charge is 0.303 e. The molecule has 1 rings (SSSR count). The first kappa shape index (κ1) is 28.1. The van der Waals surface area contributed by atoms with Crippen molar-refractivity contribution in [3.05, 3.63) is 11.6 Å². The van der Waals surface area contributed by atoms with E-state index < -0.39 is 14.3 Å². The molecule has 0 aromatic carbocycles. The average molecular weight is 453 g/mol. The largest absolute Gasteiger partial charge is 0.481 e. The Bertz CT molecular complexity index is 589. The number of unbranched alkanes of at least 4 members (excludes halogenated alkanes) is 5. The molecule has 1 aliphatic rings. The zero-order valence-electron chi connectivity index (χ0n) is 21.1. The van der Waals surface area contributed by atoms with Crippen LogP contribution in [0.15, 0.2) is 11.6 Å². The number of carboxylic acids is 1. The fourth-order valence-electron chi connectivity index (χ4n) is 4.13. The summed E-state index contributed by atoms with van der Waals surface area (Å²) in [6.45, 7) is 13.8. The van der Waals surface area contributed by atoms with Gasteiger partial charge in [-0.15, -0.1) is 0 Å². The molecule has 0 saturated carbocycles. The van der Waals surface area contributed by atoms with Crippen LogP contribution >= 0.6 is 0 Å². The lowest BCUT2D eigenvalue weighted by molar-refractivity contribution is -0.137. The molecule has 4 nitrogen and oxygen atoms in total. The molecule has 0 spiro atoms. The molecule has 180 valence electrons. The van der Waals surface area contributed by atoms with Crippen LogP contribution in [0.4, 0.5) is 0 Å². The number of Topliss-reactive ketones (excluding diaryl/α,β-unsaturated/α-hetero) is 1. The average Bonchev–Trinajstić information content (AvgIpc) is 3.01. The van der Waals surface area contributed by atoms with Crippen molar-refractivity contribution in [2.24, 2.45) is 5.92 Å². The topological polar surface area (TPSA) is 63.6 Å². The molecule has 0 saturated heterocycles. The van der Waals surface area contributed by atoms with Crippen LogP contribution in [0.25, 0.3) is 0 Å². The lowest BCUT2D eigenvalue weighted by Gasteiger charge is -2.39. The van der Waals surface area contributed by atoms with Gasteiger partial charge in [-0.2, -0.15) is 0 Å². The Hall–Kier alpha value is -0.943. The summed E-state index contributed by atoms with van der Waals surface area (Å²) in [6, 6.07) is 0. The van der Waals surface area contributed by atoms with Gasteiger partial charge in [-0.1, -0.05) is 77.9 Å². The zero-order valence-corrected chi connectivity index (χ0v) is 22.1. The van der Waals surface area contributed by atoms with Gasteiger partial charge in [-0.3, -0.25) is 9.59 Å². The fourth-order valence-corrected chi connectivity index (χ4v) is 5.55. The van der Waals surface area contributed by atoms with E-state index in [1.54, 1.807) is 0 Å². The number of rotatable bonds is 16. The molecule has 2 atom stereocenters. The Balaban J connectivity index is 2.57. The molecule has 0 heterocycles. The van der Waals surface area contributed by atoms with E-state index in [1.807, 2.05) is 0 Å². The summed E-state index contributed by atoms with van der Waals surface area (Å²) in [4.78, 5) is 23.1. The van der Waals surface area contributed by atoms with E-state index >= 15 is 0 Å². The minimum atomic E-state index is -1.81. The van der Waals surface area contributed by atoms with Gasteiger partial charge in [-0.05, 0) is 50.2 Å². The third-order valence-electron chi connectivity index (χ3n) is 7.19. The molecule has 0 aromatic rings. The van der Waals surface area contributed by atoms with Gasteiger partial charge in [0.05, 0.1) is 0 Å². The number of hydrogen-bond donors (Lipinski definition) is 1. The number of aliphatic carboxylic acids is 1. The number of carbonyl (C=O) groups is 2. The van der Waals surface area contributed by atoms with Gasteiger partial charge < -0.3 is 9.53 Å². The van der Waals surface area contributed by atoms with Crippen LogP contribution in [0.5, 0.6) is 0 Å². The van der Waals surface area contributed by atoms with Crippen molar-refractivity contribution in [2.75, 3.05) is 0 Å². The molecule has 1 unspecified atom stereocenters. The van der Waals surface area contributed by atoms with Crippen molar-refractivity contribution < 1.29 is 19.1 Å². The van der Waals surface area contributed by atoms with Gasteiger partial charge in [-0.25, -0.2) is 0 Å². The van der Waals surface area contributed by atoms with Gasteiger partial charge in [0.1, 0.15) is 5.78 Å². The van der Waals surface area contributed by atoms with E-state index in [4.69, 9.17) is 9.53 Å². The third kappa shape index (κ3) is 10.5. The summed E-state index contributed by atoms with van der Waals surface area (Å²) in [5.41, 5.74) is 1.33. The summed E-state index contributed by atoms with van der Waals surface area (Å²) in [5.74, 6) is -0.262. The second-order valence-corrected chi connectivity index (χ2v) is 15.6. The fraction of sp³-hybridized carbons (Fsp3) is 0.846. The minimum absolute atomic E-state index is 0.0867. The van der Waals surface area contributed by atoms with E-state index in [1.165, 1.54) is 24.8 Å². The van der Waals surface area contributed by atoms with Gasteiger partial charge in [0.25, 0.3) is 0 Å². The van der Waals surface area contributed by atoms with Gasteiger partial charge in [0.2, 0.25) is 0 Å². The maximum Gasteiger partial charge on any atom is 0.303 e. The summed E-state index contributed by atoms with van der Waals surface area (Å²) >= 11 is 0. The maximum atomic E-state index is 12.5. The predicted octanol–water partition coefficient (Wildman–Crippen LogP) is 7.68. The second-order valence-electron chi connectivity index (χ2n) is 10.9. The van der Waals surface area contributed by atoms with E-state index in [0.717, 1.165) is 51.4 Å². The minimum Gasteiger partial charge on any atom is -0.481 e. The monoisotopic (exact) mass is 452 g/mol. The van der Waals surface area contributed by atoms with Crippen LogP contribution < -0.4 is 0 Å². The highest BCUT2D eigenvalue weighted by Crippen LogP contribution is 2.39. The number of allylic oxidation sites excluding steroid dienone is 2. The van der Waals surface area contributed by atoms with Crippen LogP contribution in [0.1, 0.15) is 111 Å². The zero-order chi connectivity index (χ0) is 23.5. The Kier molecular flexibility index (Phi) is 12.3. The molecular formula is C26H48O4Si. The summed E-state index contributed by atoms with van der Waals surface area (Å²) in [7, 11) is -1.81. The first-order chi connectivity index (χ1) is 14.5. The highest BCUT2D eigenvalue weighted by molar-refractivity contribution is 6.74. The highest BCUT2D eigenvalue weighted by atomic mass is 28.4. The van der Waals surface area contributed by atoms with Crippen molar-refractivity contribution in [3.8, 4) is 0 Å². The highest BCUT2D eigenvalue weighted by Gasteiger charge is 2.39. The lowest BCUT2D eigenvalue weighted by Crippen LogP contribution is -2.44. The Morgan fingerprint density at radius 3 is 2.42 bits per heavy atom. The SMILES string of the molecule is CCCCCC(CCC1=CCC(=O)[C@@H]1CCCCCCC(=O)O)O[Si](C)(C)C(C)(C)C. The number of carboxylic acid groups (broad SMARTS) is 1. The van der Waals surface area contributed by atoms with E-state index in [-0.39, 0.29) is 17.4 Å². The second kappa shape index (κ2) is 13.6. The molecule has 1 N–H and O–H groups in total. The van der Waals surface area contributed by atoms with Crippen molar-refractivity contribution in [3.63, 3.8) is 0 Å². The molecule has 0 aliphatic heterocycles. The molecule has 1 aliphatic carbocycles.